The van der Waals surface area contributed by atoms with Crippen molar-refractivity contribution in [3.8, 4) is 0 Å². The molecule has 1 amide bonds. The van der Waals surface area contributed by atoms with Crippen molar-refractivity contribution in [2.75, 3.05) is 0 Å². The van der Waals surface area contributed by atoms with Gasteiger partial charge in [0.25, 0.3) is 5.91 Å². The van der Waals surface area contributed by atoms with E-state index in [1.54, 1.807) is 29.4 Å². The summed E-state index contributed by atoms with van der Waals surface area (Å²) in [7, 11) is 0. The Morgan fingerprint density at radius 3 is 2.83 bits per heavy atom. The van der Waals surface area contributed by atoms with Crippen molar-refractivity contribution < 1.29 is 4.79 Å². The van der Waals surface area contributed by atoms with Gasteiger partial charge in [-0.25, -0.2) is 9.97 Å². The van der Waals surface area contributed by atoms with Gasteiger partial charge in [0, 0.05) is 21.2 Å². The minimum atomic E-state index is 0.00382. The Bertz CT molecular complexity index is 931. The number of nitrogens with zero attached hydrogens (tertiary/aromatic N) is 2. The summed E-state index contributed by atoms with van der Waals surface area (Å²) in [5.41, 5.74) is 1.93. The van der Waals surface area contributed by atoms with Crippen molar-refractivity contribution >= 4 is 39.2 Å². The largest absolute Gasteiger partial charge is 0.349 e. The first-order valence-electron chi connectivity index (χ1n) is 7.92. The van der Waals surface area contributed by atoms with Crippen LogP contribution in [0, 0.1) is 13.8 Å². The van der Waals surface area contributed by atoms with Gasteiger partial charge in [0.1, 0.15) is 16.2 Å². The molecule has 0 bridgehead atoms. The zero-order chi connectivity index (χ0) is 16.7. The minimum Gasteiger partial charge on any atom is -0.349 e. The highest BCUT2D eigenvalue weighted by Crippen LogP contribution is 2.38. The van der Waals surface area contributed by atoms with E-state index in [-0.39, 0.29) is 5.91 Å². The van der Waals surface area contributed by atoms with Crippen LogP contribution in [0.25, 0.3) is 10.2 Å². The van der Waals surface area contributed by atoms with Crippen LogP contribution in [0.2, 0.25) is 0 Å². The van der Waals surface area contributed by atoms with E-state index < -0.39 is 0 Å². The van der Waals surface area contributed by atoms with Gasteiger partial charge in [0.15, 0.2) is 0 Å². The van der Waals surface area contributed by atoms with Crippen LogP contribution >= 0.6 is 23.1 Å². The molecule has 1 aliphatic carbocycles. The molecule has 1 N–H and O–H groups in total. The lowest BCUT2D eigenvalue weighted by Gasteiger charge is -2.09. The number of fused-ring (bicyclic) bond motifs is 1. The van der Waals surface area contributed by atoms with E-state index in [1.807, 2.05) is 24.3 Å². The monoisotopic (exact) mass is 355 g/mol. The highest BCUT2D eigenvalue weighted by Gasteiger charge is 2.25. The zero-order valence-corrected chi connectivity index (χ0v) is 15.1. The van der Waals surface area contributed by atoms with Crippen molar-refractivity contribution in [3.63, 3.8) is 0 Å². The van der Waals surface area contributed by atoms with Gasteiger partial charge in [0.05, 0.1) is 5.56 Å². The van der Waals surface area contributed by atoms with Gasteiger partial charge >= 0.3 is 0 Å². The summed E-state index contributed by atoms with van der Waals surface area (Å²) in [6.45, 7) is 4.21. The molecule has 3 aromatic rings. The molecule has 2 heterocycles. The second-order valence-corrected chi connectivity index (χ2v) is 8.22. The predicted molar refractivity (Wildman–Crippen MR) is 97.9 cm³/mol. The molecule has 1 aromatic carbocycles. The number of carbonyl (C=O) groups is 1. The second-order valence-electron chi connectivity index (χ2n) is 5.99. The third-order valence-corrected chi connectivity index (χ3v) is 6.38. The Labute approximate surface area is 148 Å². The van der Waals surface area contributed by atoms with Gasteiger partial charge < -0.3 is 5.32 Å². The SMILES string of the molecule is Cc1sc2ncnc(Sc3ccccc3C(=O)NC3CC3)c2c1C. The lowest BCUT2D eigenvalue weighted by molar-refractivity contribution is 0.0948. The number of benzene rings is 1. The molecule has 1 saturated carbocycles. The number of thiophene rings is 1. The molecule has 2 aromatic heterocycles. The quantitative estimate of drug-likeness (QED) is 0.707. The van der Waals surface area contributed by atoms with Gasteiger partial charge in [-0.05, 0) is 44.4 Å². The smallest absolute Gasteiger partial charge is 0.252 e. The van der Waals surface area contributed by atoms with Crippen molar-refractivity contribution in [1.29, 1.82) is 0 Å². The number of carbonyl (C=O) groups excluding carboxylic acids is 1. The Hall–Kier alpha value is -1.92. The number of aromatic nitrogens is 2. The number of hydrogen-bond acceptors (Lipinski definition) is 5. The summed E-state index contributed by atoms with van der Waals surface area (Å²) in [5, 5.41) is 5.08. The summed E-state index contributed by atoms with van der Waals surface area (Å²) in [6.07, 6.45) is 3.77. The van der Waals surface area contributed by atoms with E-state index in [9.17, 15) is 4.79 Å². The summed E-state index contributed by atoms with van der Waals surface area (Å²) in [4.78, 5) is 24.5. The molecule has 0 radical (unpaired) electrons. The topological polar surface area (TPSA) is 54.9 Å². The highest BCUT2D eigenvalue weighted by atomic mass is 32.2. The molecule has 0 atom stereocenters. The first kappa shape index (κ1) is 15.6. The molecular weight excluding hydrogens is 338 g/mol. The van der Waals surface area contributed by atoms with Crippen LogP contribution in [0.3, 0.4) is 0 Å². The number of rotatable bonds is 4. The molecule has 0 unspecified atom stereocenters. The molecule has 6 heteroatoms. The van der Waals surface area contributed by atoms with Gasteiger partial charge in [-0.15, -0.1) is 11.3 Å². The van der Waals surface area contributed by atoms with Crippen molar-refractivity contribution in [2.24, 2.45) is 0 Å². The Kier molecular flexibility index (Phi) is 4.02. The van der Waals surface area contributed by atoms with Crippen molar-refractivity contribution in [2.45, 2.75) is 42.7 Å². The maximum atomic E-state index is 12.5. The molecule has 0 saturated heterocycles. The maximum Gasteiger partial charge on any atom is 0.252 e. The van der Waals surface area contributed by atoms with E-state index in [4.69, 9.17) is 0 Å². The Morgan fingerprint density at radius 1 is 1.25 bits per heavy atom. The van der Waals surface area contributed by atoms with Gasteiger partial charge in [-0.3, -0.25) is 4.79 Å². The van der Waals surface area contributed by atoms with Crippen LogP contribution in [0.15, 0.2) is 40.5 Å². The van der Waals surface area contributed by atoms with Crippen LogP contribution < -0.4 is 5.32 Å². The fraction of sp³-hybridized carbons (Fsp3) is 0.278. The van der Waals surface area contributed by atoms with Crippen LogP contribution in [0.5, 0.6) is 0 Å². The van der Waals surface area contributed by atoms with Crippen molar-refractivity contribution in [3.05, 3.63) is 46.6 Å². The maximum absolute atomic E-state index is 12.5. The van der Waals surface area contributed by atoms with Crippen molar-refractivity contribution in [1.82, 2.24) is 15.3 Å². The van der Waals surface area contributed by atoms with Crippen LogP contribution in [0.1, 0.15) is 33.6 Å². The zero-order valence-electron chi connectivity index (χ0n) is 13.5. The summed E-state index contributed by atoms with van der Waals surface area (Å²) < 4.78 is 0. The first-order chi connectivity index (χ1) is 11.6. The molecule has 4 nitrogen and oxygen atoms in total. The fourth-order valence-electron chi connectivity index (χ4n) is 2.57. The van der Waals surface area contributed by atoms with Crippen LogP contribution in [-0.4, -0.2) is 21.9 Å². The van der Waals surface area contributed by atoms with E-state index in [0.717, 1.165) is 33.0 Å². The fourth-order valence-corrected chi connectivity index (χ4v) is 4.70. The molecular formula is C18H17N3OS2. The molecule has 1 fully saturated rings. The van der Waals surface area contributed by atoms with Crippen LogP contribution in [0.4, 0.5) is 0 Å². The molecule has 24 heavy (non-hydrogen) atoms. The summed E-state index contributed by atoms with van der Waals surface area (Å²) in [6, 6.07) is 8.07. The molecule has 0 spiro atoms. The molecule has 4 rings (SSSR count). The normalized spacial score (nSPS) is 14.1. The average molecular weight is 355 g/mol. The highest BCUT2D eigenvalue weighted by molar-refractivity contribution is 7.99. The van der Waals surface area contributed by atoms with Gasteiger partial charge in [-0.2, -0.15) is 0 Å². The minimum absolute atomic E-state index is 0.00382. The van der Waals surface area contributed by atoms with Crippen LogP contribution in [-0.2, 0) is 0 Å². The average Bonchev–Trinajstić information content (AvgIpc) is 3.33. The third kappa shape index (κ3) is 2.91. The number of aryl methyl sites for hydroxylation is 2. The Balaban J connectivity index is 1.72. The summed E-state index contributed by atoms with van der Waals surface area (Å²) >= 11 is 3.23. The first-order valence-corrected chi connectivity index (χ1v) is 9.55. The van der Waals surface area contributed by atoms with E-state index in [0.29, 0.717) is 11.6 Å². The number of hydrogen-bond donors (Lipinski definition) is 1. The third-order valence-electron chi connectivity index (χ3n) is 4.18. The summed E-state index contributed by atoms with van der Waals surface area (Å²) in [5.74, 6) is 0.00382. The number of amides is 1. The van der Waals surface area contributed by atoms with E-state index in [1.165, 1.54) is 10.4 Å². The molecule has 122 valence electrons. The second kappa shape index (κ2) is 6.18. The van der Waals surface area contributed by atoms with E-state index in [2.05, 4.69) is 29.1 Å². The molecule has 1 aliphatic rings. The lowest BCUT2D eigenvalue weighted by atomic mass is 10.2. The molecule has 0 aliphatic heterocycles. The standard InChI is InChI=1S/C18H17N3OS2/c1-10-11(2)23-17-15(10)18(20-9-19-17)24-14-6-4-3-5-13(14)16(22)21-12-7-8-12/h3-6,9,12H,7-8H2,1-2H3,(H,21,22). The Morgan fingerprint density at radius 2 is 2.04 bits per heavy atom. The predicted octanol–water partition coefficient (Wildman–Crippen LogP) is 4.35. The van der Waals surface area contributed by atoms with E-state index >= 15 is 0 Å². The van der Waals surface area contributed by atoms with Gasteiger partial charge in [0.2, 0.25) is 0 Å². The lowest BCUT2D eigenvalue weighted by Crippen LogP contribution is -2.25. The number of nitrogens with one attached hydrogen (secondary N) is 1. The van der Waals surface area contributed by atoms with Gasteiger partial charge in [-0.1, -0.05) is 23.9 Å².